The Balaban J connectivity index is 1.19. The summed E-state index contributed by atoms with van der Waals surface area (Å²) >= 11 is 0. The smallest absolute Gasteiger partial charge is 0.245 e. The van der Waals surface area contributed by atoms with Crippen LogP contribution in [0.1, 0.15) is 36.4 Å². The van der Waals surface area contributed by atoms with Gasteiger partial charge in [-0.15, -0.1) is 0 Å². The van der Waals surface area contributed by atoms with Crippen LogP contribution in [0, 0.1) is 24.0 Å². The van der Waals surface area contributed by atoms with E-state index in [0.717, 1.165) is 49.1 Å². The number of aromatic nitrogens is 3. The molecule has 3 fully saturated rings. The van der Waals surface area contributed by atoms with Crippen LogP contribution >= 0.6 is 0 Å². The summed E-state index contributed by atoms with van der Waals surface area (Å²) in [6, 6.07) is 7.20. The van der Waals surface area contributed by atoms with Gasteiger partial charge >= 0.3 is 0 Å². The number of nitrogens with zero attached hydrogens (tertiary/aromatic N) is 6. The van der Waals surface area contributed by atoms with E-state index in [-0.39, 0.29) is 11.9 Å². The zero-order chi connectivity index (χ0) is 23.4. The highest BCUT2D eigenvalue weighted by atomic mass is 19.1. The molecule has 176 valence electrons. The van der Waals surface area contributed by atoms with Gasteiger partial charge < -0.3 is 4.90 Å². The molecule has 9 heteroatoms. The molecule has 0 N–H and O–H groups in total. The van der Waals surface area contributed by atoms with E-state index >= 15 is 0 Å². The maximum atomic E-state index is 13.8. The first-order chi connectivity index (χ1) is 16.4. The number of benzene rings is 1. The number of anilines is 1. The Kier molecular flexibility index (Phi) is 4.91. The Morgan fingerprint density at radius 3 is 2.53 bits per heavy atom. The first-order valence-electron chi connectivity index (χ1n) is 11.7. The van der Waals surface area contributed by atoms with Crippen LogP contribution in [0.4, 0.5) is 14.6 Å². The molecule has 1 atom stereocenters. The fourth-order valence-electron chi connectivity index (χ4n) is 5.67. The summed E-state index contributed by atoms with van der Waals surface area (Å²) in [5.41, 5.74) is 2.11. The minimum absolute atomic E-state index is 0.0769. The van der Waals surface area contributed by atoms with Crippen molar-refractivity contribution in [2.24, 2.45) is 5.41 Å². The summed E-state index contributed by atoms with van der Waals surface area (Å²) in [6.45, 7) is 4.83. The lowest BCUT2D eigenvalue weighted by atomic mass is 9.77. The number of amides is 1. The monoisotopic (exact) mass is 464 g/mol. The maximum absolute atomic E-state index is 13.8. The Labute approximate surface area is 196 Å². The second-order valence-electron chi connectivity index (χ2n) is 9.65. The van der Waals surface area contributed by atoms with Crippen molar-refractivity contribution < 1.29 is 13.6 Å². The fraction of sp³-hybridized carbons (Fsp3) is 0.400. The van der Waals surface area contributed by atoms with Crippen molar-refractivity contribution in [3.63, 3.8) is 0 Å². The molecule has 0 saturated carbocycles. The molecule has 1 amide bonds. The van der Waals surface area contributed by atoms with E-state index in [1.165, 1.54) is 12.1 Å². The Morgan fingerprint density at radius 1 is 1.06 bits per heavy atom. The maximum Gasteiger partial charge on any atom is 0.245 e. The van der Waals surface area contributed by atoms with Gasteiger partial charge in [-0.2, -0.15) is 5.10 Å². The van der Waals surface area contributed by atoms with Crippen molar-refractivity contribution in [2.45, 2.75) is 32.2 Å². The average molecular weight is 465 g/mol. The zero-order valence-corrected chi connectivity index (χ0v) is 19.0. The molecular formula is C25H26F2N6O. The van der Waals surface area contributed by atoms with Gasteiger partial charge in [0.1, 0.15) is 17.5 Å². The molecular weight excluding hydrogens is 438 g/mol. The normalized spacial score (nSPS) is 22.1. The SMILES string of the molecule is Cc1cnn(-c2ccnc(N3CCC4(CC3)CN3CC[C@@H](c5cc(F)cc(F)c5)N3C4=O)c2)c1. The number of aryl methyl sites for hydroxylation is 1. The third-order valence-electron chi connectivity index (χ3n) is 7.43. The van der Waals surface area contributed by atoms with Gasteiger partial charge in [0.05, 0.1) is 23.3 Å². The number of halogens is 2. The number of hydrazine groups is 1. The molecule has 3 aliphatic rings. The van der Waals surface area contributed by atoms with Crippen molar-refractivity contribution >= 4 is 11.7 Å². The van der Waals surface area contributed by atoms with Gasteiger partial charge in [0.2, 0.25) is 5.91 Å². The molecule has 0 bridgehead atoms. The average Bonchev–Trinajstić information content (AvgIpc) is 3.50. The first-order valence-corrected chi connectivity index (χ1v) is 11.7. The van der Waals surface area contributed by atoms with Crippen LogP contribution in [-0.2, 0) is 4.79 Å². The minimum Gasteiger partial charge on any atom is -0.356 e. The number of fused-ring (bicyclic) bond motifs is 1. The standard InChI is InChI=1S/C25H26F2N6O/c1-17-14-29-32(15-17)21-2-6-28-23(13-21)30-8-4-25(5-9-30)16-31-7-3-22(33(31)24(25)34)18-10-19(26)12-20(27)11-18/h2,6,10-15,22H,3-5,7-9,16H2,1H3/t22-/m0/s1. The number of rotatable bonds is 3. The molecule has 0 unspecified atom stereocenters. The van der Waals surface area contributed by atoms with Crippen LogP contribution < -0.4 is 4.90 Å². The molecule has 0 radical (unpaired) electrons. The lowest BCUT2D eigenvalue weighted by Gasteiger charge is -2.38. The van der Waals surface area contributed by atoms with E-state index < -0.39 is 17.0 Å². The van der Waals surface area contributed by atoms with Crippen molar-refractivity contribution in [3.8, 4) is 5.69 Å². The first kappa shape index (κ1) is 21.2. The number of hydrogen-bond acceptors (Lipinski definition) is 5. The topological polar surface area (TPSA) is 57.5 Å². The van der Waals surface area contributed by atoms with Crippen LogP contribution in [0.5, 0.6) is 0 Å². The minimum atomic E-state index is -0.608. The third-order valence-corrected chi connectivity index (χ3v) is 7.43. The third kappa shape index (κ3) is 3.46. The van der Waals surface area contributed by atoms with Crippen molar-refractivity contribution in [1.29, 1.82) is 0 Å². The lowest BCUT2D eigenvalue weighted by molar-refractivity contribution is -0.143. The number of piperidine rings is 1. The Morgan fingerprint density at radius 2 is 1.82 bits per heavy atom. The van der Waals surface area contributed by atoms with Crippen LogP contribution in [-0.4, -0.2) is 56.9 Å². The number of carbonyl (C=O) groups excluding carboxylic acids is 1. The predicted molar refractivity (Wildman–Crippen MR) is 122 cm³/mol. The van der Waals surface area contributed by atoms with Gasteiger partial charge in [0.25, 0.3) is 0 Å². The van der Waals surface area contributed by atoms with Crippen LogP contribution in [0.25, 0.3) is 5.69 Å². The van der Waals surface area contributed by atoms with Gasteiger partial charge in [0, 0.05) is 50.7 Å². The molecule has 7 nitrogen and oxygen atoms in total. The zero-order valence-electron chi connectivity index (χ0n) is 19.0. The summed E-state index contributed by atoms with van der Waals surface area (Å²) in [7, 11) is 0. The van der Waals surface area contributed by atoms with Crippen LogP contribution in [0.3, 0.4) is 0 Å². The van der Waals surface area contributed by atoms with E-state index in [2.05, 4.69) is 20.0 Å². The van der Waals surface area contributed by atoms with Crippen molar-refractivity contribution in [3.05, 3.63) is 71.7 Å². The van der Waals surface area contributed by atoms with Crippen LogP contribution in [0.15, 0.2) is 48.9 Å². The van der Waals surface area contributed by atoms with E-state index in [1.54, 1.807) is 11.2 Å². The molecule has 0 aliphatic carbocycles. The van der Waals surface area contributed by atoms with E-state index in [9.17, 15) is 13.6 Å². The van der Waals surface area contributed by atoms with Gasteiger partial charge in [-0.1, -0.05) is 0 Å². The van der Waals surface area contributed by atoms with Gasteiger partial charge in [-0.3, -0.25) is 9.80 Å². The molecule has 2 aromatic heterocycles. The molecule has 34 heavy (non-hydrogen) atoms. The van der Waals surface area contributed by atoms with E-state index in [0.29, 0.717) is 25.1 Å². The summed E-state index contributed by atoms with van der Waals surface area (Å²) in [4.78, 5) is 20.4. The van der Waals surface area contributed by atoms with E-state index in [1.807, 2.05) is 36.1 Å². The van der Waals surface area contributed by atoms with Crippen LogP contribution in [0.2, 0.25) is 0 Å². The molecule has 3 aliphatic heterocycles. The predicted octanol–water partition coefficient (Wildman–Crippen LogP) is 3.64. The lowest BCUT2D eigenvalue weighted by Crippen LogP contribution is -2.46. The highest BCUT2D eigenvalue weighted by Crippen LogP contribution is 2.47. The van der Waals surface area contributed by atoms with Gasteiger partial charge in [-0.05, 0) is 55.5 Å². The molecule has 3 saturated heterocycles. The summed E-state index contributed by atoms with van der Waals surface area (Å²) in [6.07, 6.45) is 7.71. The second-order valence-corrected chi connectivity index (χ2v) is 9.65. The molecule has 3 aromatic rings. The van der Waals surface area contributed by atoms with Gasteiger partial charge in [0.15, 0.2) is 0 Å². The molecule has 6 rings (SSSR count). The summed E-state index contributed by atoms with van der Waals surface area (Å²) in [5, 5.41) is 8.22. The van der Waals surface area contributed by atoms with E-state index in [4.69, 9.17) is 0 Å². The highest BCUT2D eigenvalue weighted by molar-refractivity contribution is 5.85. The Bertz CT molecular complexity index is 1230. The van der Waals surface area contributed by atoms with Gasteiger partial charge in [-0.25, -0.2) is 23.5 Å². The molecule has 1 spiro atoms. The summed E-state index contributed by atoms with van der Waals surface area (Å²) in [5.74, 6) is -0.265. The fourth-order valence-corrected chi connectivity index (χ4v) is 5.67. The molecule has 5 heterocycles. The largest absolute Gasteiger partial charge is 0.356 e. The van der Waals surface area contributed by atoms with Crippen molar-refractivity contribution in [1.82, 2.24) is 24.8 Å². The highest BCUT2D eigenvalue weighted by Gasteiger charge is 2.56. The number of hydrogen-bond donors (Lipinski definition) is 0. The number of pyridine rings is 1. The number of carbonyl (C=O) groups is 1. The second kappa shape index (κ2) is 7.87. The molecule has 1 aromatic carbocycles. The van der Waals surface area contributed by atoms with Crippen molar-refractivity contribution in [2.75, 3.05) is 31.1 Å². The quantitative estimate of drug-likeness (QED) is 0.592. The summed E-state index contributed by atoms with van der Waals surface area (Å²) < 4.78 is 29.5. The Hall–Kier alpha value is -3.33.